The van der Waals surface area contributed by atoms with Gasteiger partial charge in [-0.05, 0) is 0 Å². The van der Waals surface area contributed by atoms with Crippen LogP contribution in [0.1, 0.15) is 32.4 Å². The van der Waals surface area contributed by atoms with Crippen LogP contribution in [0.2, 0.25) is 0 Å². The lowest BCUT2D eigenvalue weighted by molar-refractivity contribution is 0.177. The van der Waals surface area contributed by atoms with Crippen LogP contribution in [-0.2, 0) is 23.8 Å². The number of rotatable bonds is 2. The number of hydrogen-bond acceptors (Lipinski definition) is 3. The first-order valence-electron chi connectivity index (χ1n) is 4.34. The van der Waals surface area contributed by atoms with Gasteiger partial charge in [0.25, 0.3) is 0 Å². The highest BCUT2D eigenvalue weighted by Crippen LogP contribution is 2.19. The van der Waals surface area contributed by atoms with Crippen LogP contribution in [0.4, 0.5) is 0 Å². The van der Waals surface area contributed by atoms with Gasteiger partial charge in [0.05, 0.1) is 0 Å². The van der Waals surface area contributed by atoms with Crippen LogP contribution in [0.5, 0.6) is 0 Å². The Balaban J connectivity index is 2.96. The Morgan fingerprint density at radius 1 is 1.38 bits per heavy atom. The van der Waals surface area contributed by atoms with Crippen LogP contribution < -0.4 is 0 Å². The molecule has 74 valence electrons. The average molecular weight is 183 g/mol. The van der Waals surface area contributed by atoms with Crippen LogP contribution >= 0.6 is 0 Å². The molecule has 1 aromatic rings. The molecule has 0 spiro atoms. The van der Waals surface area contributed by atoms with Gasteiger partial charge in [-0.15, -0.1) is 0 Å². The smallest absolute Gasteiger partial charge is 0.176 e. The van der Waals surface area contributed by atoms with E-state index in [1.54, 1.807) is 7.11 Å². The average Bonchev–Trinajstić information content (AvgIpc) is 2.30. The zero-order valence-corrected chi connectivity index (χ0v) is 8.96. The summed E-state index contributed by atoms with van der Waals surface area (Å²) in [7, 11) is 3.56. The van der Waals surface area contributed by atoms with Crippen LogP contribution in [0.3, 0.4) is 0 Å². The first kappa shape index (κ1) is 10.2. The van der Waals surface area contributed by atoms with Gasteiger partial charge in [-0.2, -0.15) is 5.10 Å². The van der Waals surface area contributed by atoms with E-state index in [-0.39, 0.29) is 5.41 Å². The summed E-state index contributed by atoms with van der Waals surface area (Å²) in [4.78, 5) is 4.40. The lowest BCUT2D eigenvalue weighted by Crippen LogP contribution is -2.17. The van der Waals surface area contributed by atoms with Crippen LogP contribution in [0.25, 0.3) is 0 Å². The summed E-state index contributed by atoms with van der Waals surface area (Å²) >= 11 is 0. The minimum absolute atomic E-state index is 0.0355. The van der Waals surface area contributed by atoms with Gasteiger partial charge in [-0.1, -0.05) is 20.8 Å². The third-order valence-electron chi connectivity index (χ3n) is 1.75. The van der Waals surface area contributed by atoms with Crippen molar-refractivity contribution in [1.29, 1.82) is 0 Å². The lowest BCUT2D eigenvalue weighted by atomic mass is 9.96. The number of nitrogens with zero attached hydrogens (tertiary/aromatic N) is 3. The molecule has 0 unspecified atom stereocenters. The first-order chi connectivity index (χ1) is 5.95. The van der Waals surface area contributed by atoms with Gasteiger partial charge in [0.1, 0.15) is 12.4 Å². The van der Waals surface area contributed by atoms with Gasteiger partial charge in [-0.25, -0.2) is 4.98 Å². The van der Waals surface area contributed by atoms with Crippen molar-refractivity contribution in [2.45, 2.75) is 32.8 Å². The zero-order chi connectivity index (χ0) is 10.1. The highest BCUT2D eigenvalue weighted by atomic mass is 16.5. The Morgan fingerprint density at radius 2 is 2.00 bits per heavy atom. The van der Waals surface area contributed by atoms with E-state index in [0.717, 1.165) is 11.6 Å². The van der Waals surface area contributed by atoms with E-state index in [1.807, 2.05) is 11.7 Å². The standard InChI is InChI=1S/C9H17N3O/c1-9(2,3)8-10-7(6-13-5)11-12(8)4/h6H2,1-5H3. The second-order valence-electron chi connectivity index (χ2n) is 4.16. The Labute approximate surface area is 78.9 Å². The van der Waals surface area contributed by atoms with Crippen molar-refractivity contribution in [2.24, 2.45) is 7.05 Å². The predicted molar refractivity (Wildman–Crippen MR) is 50.4 cm³/mol. The Bertz CT molecular complexity index is 286. The highest BCUT2D eigenvalue weighted by molar-refractivity contribution is 5.03. The molecule has 1 aromatic heterocycles. The molecule has 0 saturated heterocycles. The summed E-state index contributed by atoms with van der Waals surface area (Å²) in [5.74, 6) is 1.73. The third kappa shape index (κ3) is 2.28. The molecule has 1 rings (SSSR count). The Hall–Kier alpha value is -0.900. The molecule has 0 bridgehead atoms. The van der Waals surface area contributed by atoms with Crippen molar-refractivity contribution >= 4 is 0 Å². The summed E-state index contributed by atoms with van der Waals surface area (Å²) in [6, 6.07) is 0. The summed E-state index contributed by atoms with van der Waals surface area (Å²) in [5, 5.41) is 4.25. The third-order valence-corrected chi connectivity index (χ3v) is 1.75. The quantitative estimate of drug-likeness (QED) is 0.693. The molecule has 0 radical (unpaired) electrons. The Morgan fingerprint density at radius 3 is 2.38 bits per heavy atom. The molecule has 13 heavy (non-hydrogen) atoms. The molecule has 4 nitrogen and oxygen atoms in total. The minimum atomic E-state index is 0.0355. The van der Waals surface area contributed by atoms with Crippen molar-refractivity contribution in [3.63, 3.8) is 0 Å². The van der Waals surface area contributed by atoms with Crippen LogP contribution in [-0.4, -0.2) is 21.9 Å². The van der Waals surface area contributed by atoms with Crippen molar-refractivity contribution in [3.8, 4) is 0 Å². The summed E-state index contributed by atoms with van der Waals surface area (Å²) in [5.41, 5.74) is 0.0355. The van der Waals surface area contributed by atoms with Crippen LogP contribution in [0, 0.1) is 0 Å². The second kappa shape index (κ2) is 3.46. The fourth-order valence-electron chi connectivity index (χ4n) is 1.28. The predicted octanol–water partition coefficient (Wildman–Crippen LogP) is 1.26. The van der Waals surface area contributed by atoms with Gasteiger partial charge in [0, 0.05) is 19.6 Å². The highest BCUT2D eigenvalue weighted by Gasteiger charge is 2.20. The van der Waals surface area contributed by atoms with E-state index in [4.69, 9.17) is 4.74 Å². The van der Waals surface area contributed by atoms with Gasteiger partial charge in [0.2, 0.25) is 0 Å². The van der Waals surface area contributed by atoms with E-state index >= 15 is 0 Å². The SMILES string of the molecule is COCc1nc(C(C)(C)C)n(C)n1. The zero-order valence-electron chi connectivity index (χ0n) is 8.96. The van der Waals surface area contributed by atoms with E-state index < -0.39 is 0 Å². The maximum atomic E-state index is 4.97. The molecule has 0 aliphatic carbocycles. The molecule has 0 aliphatic rings. The molecular formula is C9H17N3O. The Kier molecular flexibility index (Phi) is 2.71. The maximum Gasteiger partial charge on any atom is 0.176 e. The minimum Gasteiger partial charge on any atom is -0.377 e. The van der Waals surface area contributed by atoms with Crippen molar-refractivity contribution in [2.75, 3.05) is 7.11 Å². The van der Waals surface area contributed by atoms with E-state index in [9.17, 15) is 0 Å². The molecule has 0 atom stereocenters. The maximum absolute atomic E-state index is 4.97. The number of aromatic nitrogens is 3. The number of hydrogen-bond donors (Lipinski definition) is 0. The molecule has 0 fully saturated rings. The van der Waals surface area contributed by atoms with Crippen LogP contribution in [0.15, 0.2) is 0 Å². The summed E-state index contributed by atoms with van der Waals surface area (Å²) < 4.78 is 6.78. The van der Waals surface area contributed by atoms with Gasteiger partial charge in [0.15, 0.2) is 5.82 Å². The monoisotopic (exact) mass is 183 g/mol. The van der Waals surface area contributed by atoms with Gasteiger partial charge < -0.3 is 4.74 Å². The summed E-state index contributed by atoms with van der Waals surface area (Å²) in [6.45, 7) is 6.83. The normalized spacial score (nSPS) is 12.1. The fourth-order valence-corrected chi connectivity index (χ4v) is 1.28. The van der Waals surface area contributed by atoms with Crippen molar-refractivity contribution < 1.29 is 4.74 Å². The van der Waals surface area contributed by atoms with E-state index in [2.05, 4.69) is 30.9 Å². The van der Waals surface area contributed by atoms with Gasteiger partial charge >= 0.3 is 0 Å². The molecule has 0 aromatic carbocycles. The molecule has 0 saturated carbocycles. The summed E-state index contributed by atoms with van der Waals surface area (Å²) in [6.07, 6.45) is 0. The van der Waals surface area contributed by atoms with Crippen molar-refractivity contribution in [1.82, 2.24) is 14.8 Å². The largest absolute Gasteiger partial charge is 0.377 e. The molecular weight excluding hydrogens is 166 g/mol. The molecule has 0 amide bonds. The molecule has 0 aliphatic heterocycles. The molecule has 1 heterocycles. The van der Waals surface area contributed by atoms with Gasteiger partial charge in [-0.3, -0.25) is 4.68 Å². The number of aryl methyl sites for hydroxylation is 1. The second-order valence-corrected chi connectivity index (χ2v) is 4.16. The topological polar surface area (TPSA) is 39.9 Å². The first-order valence-corrected chi connectivity index (χ1v) is 4.34. The fraction of sp³-hybridized carbons (Fsp3) is 0.778. The molecule has 0 N–H and O–H groups in total. The lowest BCUT2D eigenvalue weighted by Gasteiger charge is -2.15. The van der Waals surface area contributed by atoms with Crippen molar-refractivity contribution in [3.05, 3.63) is 11.6 Å². The number of ether oxygens (including phenoxy) is 1. The molecule has 4 heteroatoms. The van der Waals surface area contributed by atoms with E-state index in [1.165, 1.54) is 0 Å². The number of methoxy groups -OCH3 is 1. The van der Waals surface area contributed by atoms with E-state index in [0.29, 0.717) is 6.61 Å².